The zero-order valence-electron chi connectivity index (χ0n) is 20.1. The fourth-order valence-electron chi connectivity index (χ4n) is 2.40. The lowest BCUT2D eigenvalue weighted by atomic mass is 10.1. The highest BCUT2D eigenvalue weighted by Gasteiger charge is 2.09. The predicted molar refractivity (Wildman–Crippen MR) is 134 cm³/mol. The largest absolute Gasteiger partial charge is 0.497 e. The van der Waals surface area contributed by atoms with Crippen LogP contribution in [0.15, 0.2) is 48.5 Å². The number of ether oxygens (including phenoxy) is 1. The van der Waals surface area contributed by atoms with E-state index < -0.39 is 18.0 Å². The SMILES string of the molecule is CC(=O)Nc1ccc(C=O)cc1.COc1ccc(CC(=O)O)cc1.N.NCCCC[C@H](N)C(=O)O. The Balaban J connectivity index is 0. The van der Waals surface area contributed by atoms with E-state index in [1.807, 2.05) is 0 Å². The van der Waals surface area contributed by atoms with Gasteiger partial charge in [0.2, 0.25) is 5.91 Å². The van der Waals surface area contributed by atoms with Crippen molar-refractivity contribution in [3.8, 4) is 5.75 Å². The number of carboxylic acid groups (broad SMARTS) is 2. The Morgan fingerprint density at radius 1 is 1.03 bits per heavy atom. The molecule has 0 unspecified atom stereocenters. The Hall–Kier alpha value is -3.80. The number of rotatable bonds is 10. The Bertz CT molecular complexity index is 888. The predicted octanol–water partition coefficient (Wildman–Crippen LogP) is 2.47. The maximum Gasteiger partial charge on any atom is 0.320 e. The molecule has 0 aliphatic heterocycles. The normalized spacial score (nSPS) is 10.1. The molecule has 0 aromatic heterocycles. The van der Waals surface area contributed by atoms with Gasteiger partial charge in [0.15, 0.2) is 0 Å². The van der Waals surface area contributed by atoms with Gasteiger partial charge in [0.05, 0.1) is 13.5 Å². The molecule has 2 aromatic rings. The number of benzene rings is 2. The highest BCUT2D eigenvalue weighted by atomic mass is 16.5. The van der Waals surface area contributed by atoms with E-state index >= 15 is 0 Å². The van der Waals surface area contributed by atoms with Crippen molar-refractivity contribution >= 4 is 29.8 Å². The number of unbranched alkanes of at least 4 members (excludes halogenated alkanes) is 1. The first-order chi connectivity index (χ1) is 16.1. The number of anilines is 1. The smallest absolute Gasteiger partial charge is 0.320 e. The summed E-state index contributed by atoms with van der Waals surface area (Å²) in [4.78, 5) is 41.3. The van der Waals surface area contributed by atoms with E-state index in [1.165, 1.54) is 6.92 Å². The summed E-state index contributed by atoms with van der Waals surface area (Å²) in [6, 6.07) is 12.9. The summed E-state index contributed by atoms with van der Waals surface area (Å²) < 4.78 is 4.93. The fraction of sp³-hybridized carbons (Fsp3) is 0.333. The van der Waals surface area contributed by atoms with Crippen LogP contribution in [-0.2, 0) is 20.8 Å². The van der Waals surface area contributed by atoms with Crippen LogP contribution >= 0.6 is 0 Å². The van der Waals surface area contributed by atoms with Gasteiger partial charge in [-0.25, -0.2) is 0 Å². The molecule has 2 rings (SSSR count). The van der Waals surface area contributed by atoms with E-state index in [4.69, 9.17) is 26.4 Å². The maximum atomic E-state index is 10.6. The van der Waals surface area contributed by atoms with Crippen LogP contribution in [0.1, 0.15) is 42.1 Å². The lowest BCUT2D eigenvalue weighted by Crippen LogP contribution is -2.29. The Kier molecular flexibility index (Phi) is 18.7. The fourth-order valence-corrected chi connectivity index (χ4v) is 2.40. The molecular formula is C24H36N4O7. The molecule has 10 N–H and O–H groups in total. The van der Waals surface area contributed by atoms with Gasteiger partial charge in [0, 0.05) is 18.2 Å². The molecule has 0 radical (unpaired) electrons. The summed E-state index contributed by atoms with van der Waals surface area (Å²) >= 11 is 0. The van der Waals surface area contributed by atoms with Crippen molar-refractivity contribution in [3.05, 3.63) is 59.7 Å². The van der Waals surface area contributed by atoms with Crippen LogP contribution in [0, 0.1) is 0 Å². The van der Waals surface area contributed by atoms with Crippen molar-refractivity contribution in [2.24, 2.45) is 11.5 Å². The molecule has 11 nitrogen and oxygen atoms in total. The number of amides is 1. The highest BCUT2D eigenvalue weighted by molar-refractivity contribution is 5.89. The molecule has 2 aromatic carbocycles. The van der Waals surface area contributed by atoms with Gasteiger partial charge >= 0.3 is 11.9 Å². The standard InChI is InChI=1S/C9H9NO2.C9H10O3.C6H14N2O2.H3N/c1-7(12)10-9-4-2-8(6-11)3-5-9;1-12-8-4-2-7(3-5-8)6-9(10)11;7-4-2-1-3-5(8)6(9)10;/h2-6H,1H3,(H,10,12);2-5H,6H2,1H3,(H,10,11);5H,1-4,7-8H2,(H,9,10);1H3/t;;5-;/m..0./s1. The number of carbonyl (C=O) groups excluding carboxylic acids is 2. The summed E-state index contributed by atoms with van der Waals surface area (Å²) in [6.07, 6.45) is 2.99. The van der Waals surface area contributed by atoms with Crippen LogP contribution in [0.3, 0.4) is 0 Å². The van der Waals surface area contributed by atoms with Gasteiger partial charge in [0.1, 0.15) is 18.1 Å². The lowest BCUT2D eigenvalue weighted by Gasteiger charge is -2.03. The highest BCUT2D eigenvalue weighted by Crippen LogP contribution is 2.11. The van der Waals surface area contributed by atoms with E-state index in [0.29, 0.717) is 24.2 Å². The number of hydrogen-bond donors (Lipinski definition) is 6. The topological polar surface area (TPSA) is 217 Å². The molecule has 1 atom stereocenters. The van der Waals surface area contributed by atoms with E-state index in [1.54, 1.807) is 55.6 Å². The van der Waals surface area contributed by atoms with Crippen molar-refractivity contribution in [2.45, 2.75) is 38.6 Å². The van der Waals surface area contributed by atoms with Gasteiger partial charge in [-0.15, -0.1) is 0 Å². The van der Waals surface area contributed by atoms with Gasteiger partial charge in [-0.3, -0.25) is 19.2 Å². The summed E-state index contributed by atoms with van der Waals surface area (Å²) in [5.74, 6) is -1.13. The number of aliphatic carboxylic acids is 2. The molecule has 11 heteroatoms. The molecule has 35 heavy (non-hydrogen) atoms. The molecule has 0 bridgehead atoms. The van der Waals surface area contributed by atoms with Crippen LogP contribution in [0.4, 0.5) is 5.69 Å². The average Bonchev–Trinajstić information content (AvgIpc) is 2.80. The number of nitrogens with two attached hydrogens (primary N) is 2. The molecule has 0 spiro atoms. The molecular weight excluding hydrogens is 456 g/mol. The number of hydrogen-bond acceptors (Lipinski definition) is 8. The van der Waals surface area contributed by atoms with Gasteiger partial charge in [-0.2, -0.15) is 0 Å². The molecule has 0 saturated heterocycles. The third-order valence-corrected chi connectivity index (χ3v) is 4.17. The average molecular weight is 493 g/mol. The lowest BCUT2D eigenvalue weighted by molar-refractivity contribution is -0.139. The second kappa shape index (κ2) is 19.6. The van der Waals surface area contributed by atoms with Gasteiger partial charge in [0.25, 0.3) is 0 Å². The Morgan fingerprint density at radius 2 is 1.60 bits per heavy atom. The number of carboxylic acids is 2. The van der Waals surface area contributed by atoms with Crippen molar-refractivity contribution < 1.29 is 34.1 Å². The van der Waals surface area contributed by atoms with Crippen molar-refractivity contribution in [2.75, 3.05) is 19.0 Å². The first kappa shape index (κ1) is 33.4. The van der Waals surface area contributed by atoms with Gasteiger partial charge < -0.3 is 37.9 Å². The van der Waals surface area contributed by atoms with Crippen LogP contribution < -0.4 is 27.7 Å². The third kappa shape index (κ3) is 17.4. The number of aldehydes is 1. The number of nitrogens with one attached hydrogen (secondary N) is 1. The van der Waals surface area contributed by atoms with Crippen LogP contribution in [0.25, 0.3) is 0 Å². The number of carbonyl (C=O) groups is 4. The minimum absolute atomic E-state index is 0. The molecule has 1 amide bonds. The second-order valence-electron chi connectivity index (χ2n) is 7.07. The quantitative estimate of drug-likeness (QED) is 0.210. The summed E-state index contributed by atoms with van der Waals surface area (Å²) in [5.41, 5.74) is 12.5. The Morgan fingerprint density at radius 3 is 2.00 bits per heavy atom. The first-order valence-electron chi connectivity index (χ1n) is 10.5. The molecule has 0 fully saturated rings. The summed E-state index contributed by atoms with van der Waals surface area (Å²) in [6.45, 7) is 2.04. The summed E-state index contributed by atoms with van der Waals surface area (Å²) in [7, 11) is 1.58. The maximum absolute atomic E-state index is 10.6. The molecule has 194 valence electrons. The molecule has 0 saturated carbocycles. The summed E-state index contributed by atoms with van der Waals surface area (Å²) in [5, 5.41) is 19.4. The molecule has 0 aliphatic carbocycles. The van der Waals surface area contributed by atoms with E-state index in [9.17, 15) is 19.2 Å². The van der Waals surface area contributed by atoms with Crippen molar-refractivity contribution in [3.63, 3.8) is 0 Å². The minimum Gasteiger partial charge on any atom is -0.497 e. The van der Waals surface area contributed by atoms with Crippen molar-refractivity contribution in [1.29, 1.82) is 0 Å². The molecule has 0 heterocycles. The zero-order valence-corrected chi connectivity index (χ0v) is 20.1. The Labute approximate surface area is 205 Å². The minimum atomic E-state index is -0.933. The third-order valence-electron chi connectivity index (χ3n) is 4.17. The van der Waals surface area contributed by atoms with E-state index in [2.05, 4.69) is 5.32 Å². The van der Waals surface area contributed by atoms with Crippen LogP contribution in [0.2, 0.25) is 0 Å². The van der Waals surface area contributed by atoms with Crippen LogP contribution in [0.5, 0.6) is 5.75 Å². The second-order valence-corrected chi connectivity index (χ2v) is 7.07. The van der Waals surface area contributed by atoms with E-state index in [-0.39, 0.29) is 18.5 Å². The number of methoxy groups -OCH3 is 1. The van der Waals surface area contributed by atoms with Crippen LogP contribution in [-0.4, -0.2) is 54.0 Å². The van der Waals surface area contributed by atoms with Gasteiger partial charge in [-0.05, 0) is 61.3 Å². The zero-order chi connectivity index (χ0) is 25.9. The monoisotopic (exact) mass is 492 g/mol. The first-order valence-corrected chi connectivity index (χ1v) is 10.5. The van der Waals surface area contributed by atoms with Crippen molar-refractivity contribution in [1.82, 2.24) is 6.15 Å². The van der Waals surface area contributed by atoms with Gasteiger partial charge in [-0.1, -0.05) is 18.6 Å². The van der Waals surface area contributed by atoms with E-state index in [0.717, 1.165) is 30.4 Å². The molecule has 0 aliphatic rings.